The average molecular weight is 405 g/mol. The fourth-order valence-electron chi connectivity index (χ4n) is 2.01. The molecule has 0 saturated heterocycles. The van der Waals surface area contributed by atoms with Gasteiger partial charge in [0.15, 0.2) is 5.05 Å². The molecule has 0 atom stereocenters. The molecule has 26 heavy (non-hydrogen) atoms. The van der Waals surface area contributed by atoms with Crippen LogP contribution < -0.4 is 9.47 Å². The van der Waals surface area contributed by atoms with Crippen LogP contribution in [0.1, 0.15) is 18.4 Å². The molecule has 0 radical (unpaired) electrons. The molecule has 0 bridgehead atoms. The first kappa shape index (κ1) is 20.3. The highest BCUT2D eigenvalue weighted by molar-refractivity contribution is 7.80. The predicted octanol–water partition coefficient (Wildman–Crippen LogP) is 6.28. The standard InChI is InChI=1S/C18H16ClF3O3S/c1-23-17(26)3-2-10-24-16-11-14(8-9-15(16)19)25-13-6-4-12(5-7-13)18(20,21)22/h4-9,11H,2-3,10H2,1H3. The summed E-state index contributed by atoms with van der Waals surface area (Å²) in [4.78, 5) is 0. The van der Waals surface area contributed by atoms with E-state index in [1.807, 2.05) is 0 Å². The molecule has 0 heterocycles. The van der Waals surface area contributed by atoms with Crippen LogP contribution in [0, 0.1) is 0 Å². The molecular weight excluding hydrogens is 389 g/mol. The normalized spacial score (nSPS) is 11.1. The Morgan fingerprint density at radius 3 is 2.35 bits per heavy atom. The highest BCUT2D eigenvalue weighted by Crippen LogP contribution is 2.34. The first-order valence-electron chi connectivity index (χ1n) is 7.64. The van der Waals surface area contributed by atoms with E-state index in [9.17, 15) is 13.2 Å². The number of methoxy groups -OCH3 is 1. The van der Waals surface area contributed by atoms with Crippen molar-refractivity contribution in [3.8, 4) is 17.2 Å². The van der Waals surface area contributed by atoms with E-state index in [4.69, 9.17) is 38.0 Å². The topological polar surface area (TPSA) is 27.7 Å². The lowest BCUT2D eigenvalue weighted by atomic mass is 10.2. The summed E-state index contributed by atoms with van der Waals surface area (Å²) in [5.41, 5.74) is -0.737. The van der Waals surface area contributed by atoms with Gasteiger partial charge in [0.1, 0.15) is 17.2 Å². The van der Waals surface area contributed by atoms with E-state index in [0.29, 0.717) is 41.0 Å². The minimum absolute atomic E-state index is 0.275. The number of thiocarbonyl (C=S) groups is 1. The third-order valence-electron chi connectivity index (χ3n) is 3.33. The van der Waals surface area contributed by atoms with Crippen LogP contribution in [0.4, 0.5) is 13.2 Å². The van der Waals surface area contributed by atoms with Crippen LogP contribution in [0.3, 0.4) is 0 Å². The maximum atomic E-state index is 12.6. The lowest BCUT2D eigenvalue weighted by Crippen LogP contribution is -2.04. The van der Waals surface area contributed by atoms with Crippen molar-refractivity contribution in [2.45, 2.75) is 19.0 Å². The number of hydrogen-bond acceptors (Lipinski definition) is 4. The van der Waals surface area contributed by atoms with Crippen LogP contribution in [-0.4, -0.2) is 18.8 Å². The van der Waals surface area contributed by atoms with Gasteiger partial charge >= 0.3 is 6.18 Å². The predicted molar refractivity (Wildman–Crippen MR) is 97.3 cm³/mol. The highest BCUT2D eigenvalue weighted by Gasteiger charge is 2.30. The lowest BCUT2D eigenvalue weighted by Gasteiger charge is -2.12. The second kappa shape index (κ2) is 9.09. The van der Waals surface area contributed by atoms with E-state index in [1.165, 1.54) is 19.2 Å². The molecule has 2 aromatic rings. The molecule has 140 valence electrons. The van der Waals surface area contributed by atoms with Gasteiger partial charge in [-0.1, -0.05) is 11.6 Å². The molecule has 0 N–H and O–H groups in total. The van der Waals surface area contributed by atoms with E-state index in [2.05, 4.69) is 0 Å². The van der Waals surface area contributed by atoms with Crippen LogP contribution in [0.25, 0.3) is 0 Å². The van der Waals surface area contributed by atoms with Crippen LogP contribution in [-0.2, 0) is 10.9 Å². The molecule has 0 unspecified atom stereocenters. The largest absolute Gasteiger partial charge is 0.492 e. The summed E-state index contributed by atoms with van der Waals surface area (Å²) in [6.45, 7) is 0.382. The van der Waals surface area contributed by atoms with Crippen molar-refractivity contribution in [3.05, 3.63) is 53.1 Å². The molecule has 2 aromatic carbocycles. The Kier molecular flexibility index (Phi) is 7.11. The van der Waals surface area contributed by atoms with Crippen molar-refractivity contribution in [1.82, 2.24) is 0 Å². The van der Waals surface area contributed by atoms with Crippen molar-refractivity contribution in [1.29, 1.82) is 0 Å². The summed E-state index contributed by atoms with van der Waals surface area (Å²) in [5, 5.41) is 0.901. The van der Waals surface area contributed by atoms with Crippen LogP contribution in [0.2, 0.25) is 5.02 Å². The zero-order chi connectivity index (χ0) is 19.2. The molecule has 2 rings (SSSR count). The van der Waals surface area contributed by atoms with Gasteiger partial charge in [-0.25, -0.2) is 0 Å². The van der Waals surface area contributed by atoms with Gasteiger partial charge in [0, 0.05) is 12.5 Å². The maximum Gasteiger partial charge on any atom is 0.416 e. The van der Waals surface area contributed by atoms with E-state index in [0.717, 1.165) is 12.1 Å². The quantitative estimate of drug-likeness (QED) is 0.400. The van der Waals surface area contributed by atoms with Crippen LogP contribution in [0.15, 0.2) is 42.5 Å². The number of rotatable bonds is 7. The van der Waals surface area contributed by atoms with E-state index in [1.54, 1.807) is 18.2 Å². The molecule has 0 spiro atoms. The number of alkyl halides is 3. The lowest BCUT2D eigenvalue weighted by molar-refractivity contribution is -0.137. The van der Waals surface area contributed by atoms with E-state index >= 15 is 0 Å². The molecular formula is C18H16ClF3O3S. The summed E-state index contributed by atoms with van der Waals surface area (Å²) >= 11 is 11.0. The minimum Gasteiger partial charge on any atom is -0.492 e. The fourth-order valence-corrected chi connectivity index (χ4v) is 2.32. The number of ether oxygens (including phenoxy) is 3. The van der Waals surface area contributed by atoms with Crippen molar-refractivity contribution < 1.29 is 27.4 Å². The molecule has 8 heteroatoms. The Balaban J connectivity index is 1.99. The zero-order valence-corrected chi connectivity index (χ0v) is 15.4. The highest BCUT2D eigenvalue weighted by atomic mass is 35.5. The zero-order valence-electron chi connectivity index (χ0n) is 13.8. The van der Waals surface area contributed by atoms with Crippen molar-refractivity contribution in [3.63, 3.8) is 0 Å². The van der Waals surface area contributed by atoms with Crippen molar-refractivity contribution >= 4 is 28.9 Å². The fraction of sp³-hybridized carbons (Fsp3) is 0.278. The number of benzene rings is 2. The molecule has 0 fully saturated rings. The molecule has 0 aromatic heterocycles. The summed E-state index contributed by atoms with van der Waals surface area (Å²) in [7, 11) is 1.52. The molecule has 3 nitrogen and oxygen atoms in total. The van der Waals surface area contributed by atoms with Crippen LogP contribution >= 0.6 is 23.8 Å². The first-order chi connectivity index (χ1) is 12.3. The Hall–Kier alpha value is -1.99. The van der Waals surface area contributed by atoms with Gasteiger partial charge in [0.25, 0.3) is 0 Å². The summed E-state index contributed by atoms with van der Waals surface area (Å²) < 4.78 is 53.8. The maximum absolute atomic E-state index is 12.6. The van der Waals surface area contributed by atoms with Gasteiger partial charge in [-0.15, -0.1) is 0 Å². The average Bonchev–Trinajstić information content (AvgIpc) is 2.60. The summed E-state index contributed by atoms with van der Waals surface area (Å²) in [5.74, 6) is 1.09. The van der Waals surface area contributed by atoms with E-state index in [-0.39, 0.29) is 5.75 Å². The van der Waals surface area contributed by atoms with Crippen molar-refractivity contribution in [2.75, 3.05) is 13.7 Å². The minimum atomic E-state index is -4.38. The van der Waals surface area contributed by atoms with Gasteiger partial charge in [-0.2, -0.15) is 13.2 Å². The SMILES string of the molecule is COC(=S)CCCOc1cc(Oc2ccc(C(F)(F)F)cc2)ccc1Cl. The number of hydrogen-bond donors (Lipinski definition) is 0. The monoisotopic (exact) mass is 404 g/mol. The van der Waals surface area contributed by atoms with Gasteiger partial charge < -0.3 is 14.2 Å². The molecule has 0 aliphatic carbocycles. The molecule has 0 aliphatic rings. The summed E-state index contributed by atoms with van der Waals surface area (Å²) in [6, 6.07) is 9.20. The van der Waals surface area contributed by atoms with Gasteiger partial charge in [-0.3, -0.25) is 0 Å². The first-order valence-corrected chi connectivity index (χ1v) is 8.42. The Bertz CT molecular complexity index is 748. The molecule has 0 amide bonds. The molecule has 0 aliphatic heterocycles. The Morgan fingerprint density at radius 1 is 1.08 bits per heavy atom. The van der Waals surface area contributed by atoms with Gasteiger partial charge in [-0.05, 0) is 55.0 Å². The van der Waals surface area contributed by atoms with Crippen LogP contribution in [0.5, 0.6) is 17.2 Å². The smallest absolute Gasteiger partial charge is 0.416 e. The van der Waals surface area contributed by atoms with Gasteiger partial charge in [0.2, 0.25) is 0 Å². The summed E-state index contributed by atoms with van der Waals surface area (Å²) in [6.07, 6.45) is -3.14. The second-order valence-electron chi connectivity index (χ2n) is 5.24. The number of halogens is 4. The Labute approximate surface area is 159 Å². The molecule has 0 saturated carbocycles. The third kappa shape index (κ3) is 6.07. The Morgan fingerprint density at radius 2 is 1.73 bits per heavy atom. The van der Waals surface area contributed by atoms with Crippen molar-refractivity contribution in [2.24, 2.45) is 0 Å². The van der Waals surface area contributed by atoms with Gasteiger partial charge in [0.05, 0.1) is 24.3 Å². The van der Waals surface area contributed by atoms with E-state index < -0.39 is 11.7 Å². The third-order valence-corrected chi connectivity index (χ3v) is 4.01. The second-order valence-corrected chi connectivity index (χ2v) is 6.11.